The molecule has 0 aromatic rings. The van der Waals surface area contributed by atoms with Gasteiger partial charge in [-0.2, -0.15) is 0 Å². The van der Waals surface area contributed by atoms with Crippen molar-refractivity contribution in [2.24, 2.45) is 10.8 Å². The molecule has 1 aliphatic carbocycles. The van der Waals surface area contributed by atoms with Gasteiger partial charge >= 0.3 is 0 Å². The van der Waals surface area contributed by atoms with Crippen molar-refractivity contribution in [3.63, 3.8) is 0 Å². The van der Waals surface area contributed by atoms with E-state index in [1.165, 1.54) is 71.1 Å². The van der Waals surface area contributed by atoms with Gasteiger partial charge in [-0.15, -0.1) is 0 Å². The Labute approximate surface area is 162 Å². The molecule has 0 aromatic heterocycles. The van der Waals surface area contributed by atoms with Crippen LogP contribution in [-0.4, -0.2) is 60.3 Å². The Morgan fingerprint density at radius 2 is 1.12 bits per heavy atom. The van der Waals surface area contributed by atoms with E-state index >= 15 is 0 Å². The second-order valence-electron chi connectivity index (χ2n) is 11.7. The summed E-state index contributed by atoms with van der Waals surface area (Å²) in [5, 5.41) is 0. The summed E-state index contributed by atoms with van der Waals surface area (Å²) < 4.78 is 5.32. The first-order chi connectivity index (χ1) is 12.0. The lowest BCUT2D eigenvalue weighted by Crippen LogP contribution is -2.63. The maximum absolute atomic E-state index is 5.32. The molecule has 1 saturated carbocycles. The van der Waals surface area contributed by atoms with Gasteiger partial charge in [-0.25, -0.2) is 0 Å². The molecule has 0 radical (unpaired) electrons. The molecule has 2 spiro atoms. The van der Waals surface area contributed by atoms with Crippen molar-refractivity contribution < 1.29 is 4.74 Å². The van der Waals surface area contributed by atoms with E-state index in [1.54, 1.807) is 0 Å². The lowest BCUT2D eigenvalue weighted by Gasteiger charge is -2.57. The van der Waals surface area contributed by atoms with Gasteiger partial charge in [-0.05, 0) is 85.7 Å². The molecule has 3 saturated heterocycles. The Hall–Kier alpha value is -0.120. The summed E-state index contributed by atoms with van der Waals surface area (Å²) in [6.07, 6.45) is 10.1. The molecule has 26 heavy (non-hydrogen) atoms. The number of nitrogens with zero attached hydrogens (tertiary/aromatic N) is 2. The molecule has 0 unspecified atom stereocenters. The third-order valence-electron chi connectivity index (χ3n) is 7.50. The van der Waals surface area contributed by atoms with Crippen molar-refractivity contribution in [1.82, 2.24) is 9.80 Å². The van der Waals surface area contributed by atoms with Gasteiger partial charge in [0.1, 0.15) is 0 Å². The average Bonchev–Trinajstić information content (AvgIpc) is 2.51. The maximum atomic E-state index is 5.32. The standard InChI is InChI=1S/C12H23N.C11H21NO/c1-11(2,3)13-9-12(10-13)7-5-4-6-8-12;1-10(2,3)12-6-4-11(5-7-12)8-13-9-11/h4-10H2,1-3H3;4-9H2,1-3H3. The Bertz CT molecular complexity index is 446. The van der Waals surface area contributed by atoms with Crippen LogP contribution in [0.3, 0.4) is 0 Å². The number of rotatable bonds is 0. The van der Waals surface area contributed by atoms with Crippen LogP contribution in [0, 0.1) is 10.8 Å². The van der Waals surface area contributed by atoms with Crippen molar-refractivity contribution in [3.8, 4) is 0 Å². The van der Waals surface area contributed by atoms with Crippen LogP contribution in [0.4, 0.5) is 0 Å². The van der Waals surface area contributed by atoms with E-state index in [1.807, 2.05) is 0 Å². The number of hydrogen-bond donors (Lipinski definition) is 0. The molecule has 4 rings (SSSR count). The molecular formula is C23H44N2O. The van der Waals surface area contributed by atoms with E-state index in [-0.39, 0.29) is 0 Å². The first-order valence-corrected chi connectivity index (χ1v) is 11.1. The van der Waals surface area contributed by atoms with Crippen LogP contribution in [0.5, 0.6) is 0 Å². The highest BCUT2D eigenvalue weighted by Gasteiger charge is 2.46. The number of piperidine rings is 1. The van der Waals surface area contributed by atoms with Crippen LogP contribution in [0.1, 0.15) is 86.5 Å². The molecule has 0 aromatic carbocycles. The Balaban J connectivity index is 0.000000151. The molecule has 3 heterocycles. The summed E-state index contributed by atoms with van der Waals surface area (Å²) in [5.74, 6) is 0. The molecule has 0 atom stereocenters. The predicted octanol–water partition coefficient (Wildman–Crippen LogP) is 4.95. The number of ether oxygens (including phenoxy) is 1. The van der Waals surface area contributed by atoms with E-state index in [9.17, 15) is 0 Å². The summed E-state index contributed by atoms with van der Waals surface area (Å²) in [6, 6.07) is 0. The number of hydrogen-bond acceptors (Lipinski definition) is 3. The summed E-state index contributed by atoms with van der Waals surface area (Å²) >= 11 is 0. The van der Waals surface area contributed by atoms with Crippen LogP contribution < -0.4 is 0 Å². The van der Waals surface area contributed by atoms with Crippen molar-refractivity contribution in [1.29, 1.82) is 0 Å². The Morgan fingerprint density at radius 3 is 1.50 bits per heavy atom. The molecule has 0 amide bonds. The highest BCUT2D eigenvalue weighted by molar-refractivity contribution is 5.00. The van der Waals surface area contributed by atoms with Crippen LogP contribution in [-0.2, 0) is 4.74 Å². The second kappa shape index (κ2) is 7.37. The maximum Gasteiger partial charge on any atom is 0.0545 e. The van der Waals surface area contributed by atoms with Crippen molar-refractivity contribution in [2.75, 3.05) is 39.4 Å². The topological polar surface area (TPSA) is 15.7 Å². The molecular weight excluding hydrogens is 320 g/mol. The third kappa shape index (κ3) is 4.64. The van der Waals surface area contributed by atoms with Crippen molar-refractivity contribution in [3.05, 3.63) is 0 Å². The van der Waals surface area contributed by atoms with Gasteiger partial charge < -0.3 is 4.74 Å². The minimum Gasteiger partial charge on any atom is -0.380 e. The zero-order chi connectivity index (χ0) is 19.1. The summed E-state index contributed by atoms with van der Waals surface area (Å²) in [4.78, 5) is 5.23. The molecule has 4 fully saturated rings. The van der Waals surface area contributed by atoms with Crippen molar-refractivity contribution >= 4 is 0 Å². The Kier molecular flexibility index (Phi) is 5.84. The molecule has 152 valence electrons. The van der Waals surface area contributed by atoms with Crippen molar-refractivity contribution in [2.45, 2.75) is 97.6 Å². The van der Waals surface area contributed by atoms with Crippen LogP contribution >= 0.6 is 0 Å². The van der Waals surface area contributed by atoms with Gasteiger partial charge in [0, 0.05) is 29.6 Å². The average molecular weight is 365 g/mol. The van der Waals surface area contributed by atoms with Gasteiger partial charge in [0.25, 0.3) is 0 Å². The fourth-order valence-corrected chi connectivity index (χ4v) is 5.19. The zero-order valence-corrected chi connectivity index (χ0v) is 18.5. The fourth-order valence-electron chi connectivity index (χ4n) is 5.19. The minimum absolute atomic E-state index is 0.353. The smallest absolute Gasteiger partial charge is 0.0545 e. The lowest BCUT2D eigenvalue weighted by atomic mass is 9.67. The van der Waals surface area contributed by atoms with E-state index in [0.29, 0.717) is 16.5 Å². The molecule has 0 N–H and O–H groups in total. The van der Waals surface area contributed by atoms with Gasteiger partial charge in [-0.3, -0.25) is 9.80 Å². The first kappa shape index (κ1) is 20.6. The molecule has 0 bridgehead atoms. The fraction of sp³-hybridized carbons (Fsp3) is 1.00. The predicted molar refractivity (Wildman–Crippen MR) is 111 cm³/mol. The summed E-state index contributed by atoms with van der Waals surface area (Å²) in [5.41, 5.74) is 2.10. The SMILES string of the molecule is CC(C)(C)N1CC2(CCCCC2)C1.CC(C)(C)N1CCC2(CC1)COC2. The highest BCUT2D eigenvalue weighted by atomic mass is 16.5. The number of likely N-dealkylation sites (tertiary alicyclic amines) is 2. The molecule has 3 heteroatoms. The van der Waals surface area contributed by atoms with E-state index in [0.717, 1.165) is 18.6 Å². The highest BCUT2D eigenvalue weighted by Crippen LogP contribution is 2.46. The molecule has 4 aliphatic rings. The first-order valence-electron chi connectivity index (χ1n) is 11.1. The second-order valence-corrected chi connectivity index (χ2v) is 11.7. The van der Waals surface area contributed by atoms with Gasteiger partial charge in [-0.1, -0.05) is 19.3 Å². The van der Waals surface area contributed by atoms with E-state index in [2.05, 4.69) is 51.3 Å². The minimum atomic E-state index is 0.353. The normalized spacial score (nSPS) is 28.8. The van der Waals surface area contributed by atoms with Crippen LogP contribution in [0.25, 0.3) is 0 Å². The summed E-state index contributed by atoms with van der Waals surface area (Å²) in [6.45, 7) is 21.2. The summed E-state index contributed by atoms with van der Waals surface area (Å²) in [7, 11) is 0. The lowest BCUT2D eigenvalue weighted by molar-refractivity contribution is -0.145. The Morgan fingerprint density at radius 1 is 0.615 bits per heavy atom. The van der Waals surface area contributed by atoms with Crippen LogP contribution in [0.2, 0.25) is 0 Å². The van der Waals surface area contributed by atoms with E-state index < -0.39 is 0 Å². The third-order valence-corrected chi connectivity index (χ3v) is 7.50. The van der Waals surface area contributed by atoms with Gasteiger partial charge in [0.05, 0.1) is 13.2 Å². The monoisotopic (exact) mass is 364 g/mol. The van der Waals surface area contributed by atoms with Gasteiger partial charge in [0.15, 0.2) is 0 Å². The quantitative estimate of drug-likeness (QED) is 0.605. The van der Waals surface area contributed by atoms with Crippen LogP contribution in [0.15, 0.2) is 0 Å². The molecule has 3 nitrogen and oxygen atoms in total. The largest absolute Gasteiger partial charge is 0.380 e. The zero-order valence-electron chi connectivity index (χ0n) is 18.5. The molecule has 3 aliphatic heterocycles. The van der Waals surface area contributed by atoms with E-state index in [4.69, 9.17) is 4.74 Å². The van der Waals surface area contributed by atoms with Gasteiger partial charge in [0.2, 0.25) is 0 Å².